The Kier molecular flexibility index (Phi) is 7.73. The highest BCUT2D eigenvalue weighted by atomic mass is 16.5. The number of para-hydroxylation sites is 2. The highest BCUT2D eigenvalue weighted by Crippen LogP contribution is 2.25. The van der Waals surface area contributed by atoms with Gasteiger partial charge in [0, 0.05) is 12.5 Å². The van der Waals surface area contributed by atoms with Crippen LogP contribution >= 0.6 is 0 Å². The van der Waals surface area contributed by atoms with E-state index in [1.54, 1.807) is 0 Å². The van der Waals surface area contributed by atoms with Gasteiger partial charge in [0.25, 0.3) is 0 Å². The van der Waals surface area contributed by atoms with E-state index < -0.39 is 0 Å². The van der Waals surface area contributed by atoms with Gasteiger partial charge in [-0.2, -0.15) is 0 Å². The van der Waals surface area contributed by atoms with Crippen LogP contribution in [-0.4, -0.2) is 19.1 Å². The number of amides is 1. The van der Waals surface area contributed by atoms with Crippen LogP contribution in [0.5, 0.6) is 5.75 Å². The van der Waals surface area contributed by atoms with Gasteiger partial charge in [0.05, 0.1) is 5.69 Å². The Morgan fingerprint density at radius 3 is 2.75 bits per heavy atom. The van der Waals surface area contributed by atoms with Gasteiger partial charge in [-0.15, -0.1) is 0 Å². The third kappa shape index (κ3) is 5.21. The summed E-state index contributed by atoms with van der Waals surface area (Å²) in [5, 5.41) is 2.97. The van der Waals surface area contributed by atoms with Crippen molar-refractivity contribution in [2.45, 2.75) is 39.5 Å². The minimum atomic E-state index is 0.0671. The van der Waals surface area contributed by atoms with Gasteiger partial charge in [0.2, 0.25) is 5.91 Å². The fraction of sp³-hybridized carbons (Fsp3) is 0.562. The first-order valence-corrected chi connectivity index (χ1v) is 7.45. The predicted molar refractivity (Wildman–Crippen MR) is 82.9 cm³/mol. The van der Waals surface area contributed by atoms with Crippen molar-refractivity contribution in [1.82, 2.24) is 0 Å². The van der Waals surface area contributed by atoms with Crippen LogP contribution in [0.2, 0.25) is 0 Å². The Balaban J connectivity index is 2.68. The molecule has 1 amide bonds. The largest absolute Gasteiger partial charge is 0.490 e. The molecule has 0 aromatic heterocycles. The summed E-state index contributed by atoms with van der Waals surface area (Å²) in [5.41, 5.74) is 6.16. The zero-order chi connectivity index (χ0) is 14.8. The minimum Gasteiger partial charge on any atom is -0.490 e. The van der Waals surface area contributed by atoms with Gasteiger partial charge in [0.15, 0.2) is 0 Å². The van der Waals surface area contributed by atoms with Crippen LogP contribution in [0.3, 0.4) is 0 Å². The molecule has 0 fully saturated rings. The summed E-state index contributed by atoms with van der Waals surface area (Å²) in [5.74, 6) is 0.818. The third-order valence-corrected chi connectivity index (χ3v) is 3.29. The highest BCUT2D eigenvalue weighted by molar-refractivity contribution is 5.93. The first kappa shape index (κ1) is 16.5. The van der Waals surface area contributed by atoms with Crippen molar-refractivity contribution in [3.63, 3.8) is 0 Å². The molecule has 1 unspecified atom stereocenters. The molecule has 0 spiro atoms. The van der Waals surface area contributed by atoms with Crippen molar-refractivity contribution in [3.8, 4) is 5.75 Å². The molecule has 0 heterocycles. The van der Waals surface area contributed by atoms with E-state index in [0.717, 1.165) is 31.4 Å². The van der Waals surface area contributed by atoms with Crippen molar-refractivity contribution in [3.05, 3.63) is 24.3 Å². The second kappa shape index (κ2) is 9.37. The predicted octanol–water partition coefficient (Wildman–Crippen LogP) is 3.18. The fourth-order valence-electron chi connectivity index (χ4n) is 2.07. The van der Waals surface area contributed by atoms with Crippen LogP contribution in [0.4, 0.5) is 5.69 Å². The van der Waals surface area contributed by atoms with Gasteiger partial charge in [-0.25, -0.2) is 0 Å². The maximum Gasteiger partial charge on any atom is 0.227 e. The van der Waals surface area contributed by atoms with Crippen LogP contribution in [0.15, 0.2) is 24.3 Å². The lowest BCUT2D eigenvalue weighted by Crippen LogP contribution is -2.23. The van der Waals surface area contributed by atoms with Crippen molar-refractivity contribution >= 4 is 11.6 Å². The Hall–Kier alpha value is -1.55. The number of carbonyl (C=O) groups is 1. The molecular formula is C16H26N2O2. The minimum absolute atomic E-state index is 0.0671. The fourth-order valence-corrected chi connectivity index (χ4v) is 2.07. The average molecular weight is 278 g/mol. The number of benzene rings is 1. The normalized spacial score (nSPS) is 11.9. The van der Waals surface area contributed by atoms with Gasteiger partial charge in [-0.3, -0.25) is 4.79 Å². The van der Waals surface area contributed by atoms with Crippen LogP contribution in [-0.2, 0) is 4.79 Å². The van der Waals surface area contributed by atoms with E-state index in [-0.39, 0.29) is 11.8 Å². The van der Waals surface area contributed by atoms with Crippen LogP contribution < -0.4 is 15.8 Å². The summed E-state index contributed by atoms with van der Waals surface area (Å²) in [6.07, 6.45) is 3.99. The molecule has 112 valence electrons. The van der Waals surface area contributed by atoms with Crippen molar-refractivity contribution < 1.29 is 9.53 Å². The number of nitrogens with two attached hydrogens (primary N) is 1. The number of anilines is 1. The molecule has 3 N–H and O–H groups in total. The molecule has 1 atom stereocenters. The Labute approximate surface area is 121 Å². The summed E-state index contributed by atoms with van der Waals surface area (Å²) in [6.45, 7) is 5.09. The molecule has 0 aliphatic rings. The molecule has 1 rings (SSSR count). The number of ether oxygens (including phenoxy) is 1. The van der Waals surface area contributed by atoms with Crippen LogP contribution in [0, 0.1) is 5.92 Å². The standard InChI is InChI=1S/C16H26N2O2/c1-3-5-8-13(4-2)16(19)18-14-9-6-7-10-15(14)20-12-11-17/h6-7,9-10,13H,3-5,8,11-12,17H2,1-2H3,(H,18,19). The topological polar surface area (TPSA) is 64.3 Å². The molecule has 0 radical (unpaired) electrons. The second-order valence-corrected chi connectivity index (χ2v) is 4.87. The number of unbranched alkanes of at least 4 members (excludes halogenated alkanes) is 1. The van der Waals surface area contributed by atoms with E-state index in [0.29, 0.717) is 18.9 Å². The highest BCUT2D eigenvalue weighted by Gasteiger charge is 2.17. The molecule has 4 nitrogen and oxygen atoms in total. The monoisotopic (exact) mass is 278 g/mol. The zero-order valence-electron chi connectivity index (χ0n) is 12.5. The Morgan fingerprint density at radius 2 is 2.10 bits per heavy atom. The SMILES string of the molecule is CCCCC(CC)C(=O)Nc1ccccc1OCCN. The molecule has 1 aromatic carbocycles. The van der Waals surface area contributed by atoms with Gasteiger partial charge in [-0.1, -0.05) is 38.8 Å². The van der Waals surface area contributed by atoms with Gasteiger partial charge in [0.1, 0.15) is 12.4 Å². The number of hydrogen-bond donors (Lipinski definition) is 2. The zero-order valence-corrected chi connectivity index (χ0v) is 12.5. The van der Waals surface area contributed by atoms with E-state index >= 15 is 0 Å². The molecule has 20 heavy (non-hydrogen) atoms. The summed E-state index contributed by atoms with van der Waals surface area (Å²) >= 11 is 0. The average Bonchev–Trinajstić information content (AvgIpc) is 2.47. The van der Waals surface area contributed by atoms with E-state index in [2.05, 4.69) is 19.2 Å². The maximum atomic E-state index is 12.3. The van der Waals surface area contributed by atoms with E-state index in [1.807, 2.05) is 24.3 Å². The summed E-state index contributed by atoms with van der Waals surface area (Å²) < 4.78 is 5.54. The first-order valence-electron chi connectivity index (χ1n) is 7.45. The quantitative estimate of drug-likeness (QED) is 0.729. The lowest BCUT2D eigenvalue weighted by atomic mass is 9.98. The third-order valence-electron chi connectivity index (χ3n) is 3.29. The molecule has 0 saturated carbocycles. The van der Waals surface area contributed by atoms with Gasteiger partial charge in [-0.05, 0) is 25.0 Å². The number of carbonyl (C=O) groups excluding carboxylic acids is 1. The van der Waals surface area contributed by atoms with Crippen LogP contribution in [0.1, 0.15) is 39.5 Å². The Bertz CT molecular complexity index is 407. The smallest absolute Gasteiger partial charge is 0.227 e. The number of nitrogens with one attached hydrogen (secondary N) is 1. The van der Waals surface area contributed by atoms with Crippen molar-refractivity contribution in [2.24, 2.45) is 11.7 Å². The summed E-state index contributed by atoms with van der Waals surface area (Å²) in [6, 6.07) is 7.47. The lowest BCUT2D eigenvalue weighted by Gasteiger charge is -2.16. The van der Waals surface area contributed by atoms with E-state index in [4.69, 9.17) is 10.5 Å². The molecular weight excluding hydrogens is 252 g/mol. The van der Waals surface area contributed by atoms with Crippen molar-refractivity contribution in [2.75, 3.05) is 18.5 Å². The molecule has 0 bridgehead atoms. The Morgan fingerprint density at radius 1 is 1.35 bits per heavy atom. The van der Waals surface area contributed by atoms with Crippen LogP contribution in [0.25, 0.3) is 0 Å². The van der Waals surface area contributed by atoms with Gasteiger partial charge < -0.3 is 15.8 Å². The molecule has 1 aromatic rings. The second-order valence-electron chi connectivity index (χ2n) is 4.87. The van der Waals surface area contributed by atoms with E-state index in [9.17, 15) is 4.79 Å². The first-order chi connectivity index (χ1) is 9.72. The lowest BCUT2D eigenvalue weighted by molar-refractivity contribution is -0.120. The molecule has 0 aliphatic carbocycles. The molecule has 4 heteroatoms. The summed E-state index contributed by atoms with van der Waals surface area (Å²) in [4.78, 5) is 12.3. The maximum absolute atomic E-state index is 12.3. The number of hydrogen-bond acceptors (Lipinski definition) is 3. The summed E-state index contributed by atoms with van der Waals surface area (Å²) in [7, 11) is 0. The molecule has 0 aliphatic heterocycles. The number of rotatable bonds is 9. The molecule has 0 saturated heterocycles. The van der Waals surface area contributed by atoms with Crippen molar-refractivity contribution in [1.29, 1.82) is 0 Å². The van der Waals surface area contributed by atoms with Gasteiger partial charge >= 0.3 is 0 Å². The van der Waals surface area contributed by atoms with E-state index in [1.165, 1.54) is 0 Å².